The summed E-state index contributed by atoms with van der Waals surface area (Å²) in [7, 11) is 1.52. The van der Waals surface area contributed by atoms with E-state index in [0.717, 1.165) is 57.7 Å². The zero-order valence-electron chi connectivity index (χ0n) is 16.3. The van der Waals surface area contributed by atoms with E-state index in [9.17, 15) is 4.79 Å². The van der Waals surface area contributed by atoms with Crippen molar-refractivity contribution in [3.63, 3.8) is 0 Å². The van der Waals surface area contributed by atoms with E-state index in [1.54, 1.807) is 0 Å². The summed E-state index contributed by atoms with van der Waals surface area (Å²) in [4.78, 5) is 14.1. The van der Waals surface area contributed by atoms with Gasteiger partial charge in [-0.1, -0.05) is 0 Å². The molecule has 2 aliphatic heterocycles. The molecule has 7 nitrogen and oxygen atoms in total. The minimum atomic E-state index is -0.112. The van der Waals surface area contributed by atoms with Crippen molar-refractivity contribution >= 4 is 5.91 Å². The van der Waals surface area contributed by atoms with Crippen LogP contribution in [0.3, 0.4) is 0 Å². The molecule has 0 radical (unpaired) electrons. The van der Waals surface area contributed by atoms with Gasteiger partial charge in [-0.25, -0.2) is 0 Å². The van der Waals surface area contributed by atoms with E-state index in [2.05, 4.69) is 39.9 Å². The average Bonchev–Trinajstić information content (AvgIpc) is 2.85. The standard InChI is InChI=1S/C19H32N4O3/c1-19(2)10-15(5-8-26-19)12-22-6-4-7-23-17(13-22)9-16(21-23)11-20-18(24)14-25-3/h9,15H,4-8,10-14H2,1-3H3,(H,20,24)/t15-/m0/s1. The topological polar surface area (TPSA) is 68.6 Å². The van der Waals surface area contributed by atoms with E-state index in [4.69, 9.17) is 9.47 Å². The molecule has 3 rings (SSSR count). The van der Waals surface area contributed by atoms with E-state index in [1.165, 1.54) is 12.8 Å². The third kappa shape index (κ3) is 5.28. The number of nitrogens with one attached hydrogen (secondary N) is 1. The predicted octanol–water partition coefficient (Wildman–Crippen LogP) is 1.56. The Hall–Kier alpha value is -1.44. The minimum Gasteiger partial charge on any atom is -0.376 e. The van der Waals surface area contributed by atoms with Crippen LogP contribution in [0.15, 0.2) is 6.07 Å². The van der Waals surface area contributed by atoms with Gasteiger partial charge in [-0.15, -0.1) is 0 Å². The Morgan fingerprint density at radius 3 is 3.08 bits per heavy atom. The van der Waals surface area contributed by atoms with Gasteiger partial charge in [0.05, 0.1) is 23.5 Å². The first-order valence-electron chi connectivity index (χ1n) is 9.63. The smallest absolute Gasteiger partial charge is 0.246 e. The predicted molar refractivity (Wildman–Crippen MR) is 98.6 cm³/mol. The van der Waals surface area contributed by atoms with E-state index in [0.29, 0.717) is 12.5 Å². The molecule has 1 N–H and O–H groups in total. The van der Waals surface area contributed by atoms with Gasteiger partial charge in [0, 0.05) is 39.9 Å². The number of carbonyl (C=O) groups is 1. The van der Waals surface area contributed by atoms with Crippen LogP contribution in [-0.2, 0) is 33.9 Å². The molecule has 1 aromatic rings. The van der Waals surface area contributed by atoms with Crippen molar-refractivity contribution in [2.45, 2.75) is 58.3 Å². The summed E-state index contributed by atoms with van der Waals surface area (Å²) < 4.78 is 12.8. The molecule has 2 aliphatic rings. The number of aryl methyl sites for hydroxylation is 1. The zero-order valence-corrected chi connectivity index (χ0v) is 16.3. The monoisotopic (exact) mass is 364 g/mol. The third-order valence-corrected chi connectivity index (χ3v) is 5.20. The van der Waals surface area contributed by atoms with Crippen molar-refractivity contribution in [3.8, 4) is 0 Å². The number of carbonyl (C=O) groups excluding carboxylic acids is 1. The van der Waals surface area contributed by atoms with Crippen molar-refractivity contribution in [1.29, 1.82) is 0 Å². The molecule has 1 saturated heterocycles. The summed E-state index contributed by atoms with van der Waals surface area (Å²) in [5.74, 6) is 0.584. The molecule has 0 saturated carbocycles. The number of hydrogen-bond donors (Lipinski definition) is 1. The Bertz CT molecular complexity index is 614. The first-order chi connectivity index (χ1) is 12.4. The second kappa shape index (κ2) is 8.50. The molecule has 1 aromatic heterocycles. The molecular formula is C19H32N4O3. The van der Waals surface area contributed by atoms with Crippen LogP contribution in [0.4, 0.5) is 0 Å². The fourth-order valence-electron chi connectivity index (χ4n) is 4.08. The van der Waals surface area contributed by atoms with E-state index in [1.807, 2.05) is 0 Å². The maximum atomic E-state index is 11.6. The van der Waals surface area contributed by atoms with E-state index >= 15 is 0 Å². The summed E-state index contributed by atoms with van der Waals surface area (Å²) in [6.07, 6.45) is 3.38. The van der Waals surface area contributed by atoms with Crippen molar-refractivity contribution < 1.29 is 14.3 Å². The summed E-state index contributed by atoms with van der Waals surface area (Å²) in [5.41, 5.74) is 2.16. The van der Waals surface area contributed by atoms with Crippen molar-refractivity contribution in [1.82, 2.24) is 20.0 Å². The lowest BCUT2D eigenvalue weighted by atomic mass is 9.88. The van der Waals surface area contributed by atoms with Gasteiger partial charge in [0.25, 0.3) is 0 Å². The van der Waals surface area contributed by atoms with Crippen LogP contribution in [0, 0.1) is 5.92 Å². The molecule has 0 spiro atoms. The van der Waals surface area contributed by atoms with Crippen LogP contribution in [0.2, 0.25) is 0 Å². The first kappa shape index (κ1) is 19.3. The minimum absolute atomic E-state index is 0.00409. The van der Waals surface area contributed by atoms with E-state index < -0.39 is 0 Å². The Morgan fingerprint density at radius 2 is 2.31 bits per heavy atom. The highest BCUT2D eigenvalue weighted by Gasteiger charge is 2.30. The number of aromatic nitrogens is 2. The highest BCUT2D eigenvalue weighted by Crippen LogP contribution is 2.29. The SMILES string of the molecule is COCC(=O)NCc1cc2n(n1)CCCN(C[C@H]1CCOC(C)(C)C1)C2. The molecular weight excluding hydrogens is 332 g/mol. The molecule has 146 valence electrons. The number of amides is 1. The maximum Gasteiger partial charge on any atom is 0.246 e. The maximum absolute atomic E-state index is 11.6. The van der Waals surface area contributed by atoms with Gasteiger partial charge < -0.3 is 14.8 Å². The van der Waals surface area contributed by atoms with Gasteiger partial charge in [0.1, 0.15) is 6.61 Å². The molecule has 26 heavy (non-hydrogen) atoms. The Balaban J connectivity index is 1.56. The van der Waals surface area contributed by atoms with Gasteiger partial charge in [-0.05, 0) is 45.1 Å². The highest BCUT2D eigenvalue weighted by molar-refractivity contribution is 5.77. The number of fused-ring (bicyclic) bond motifs is 1. The molecule has 0 unspecified atom stereocenters. The molecule has 1 amide bonds. The number of methoxy groups -OCH3 is 1. The lowest BCUT2D eigenvalue weighted by Crippen LogP contribution is -2.39. The second-order valence-electron chi connectivity index (χ2n) is 8.12. The van der Waals surface area contributed by atoms with Crippen molar-refractivity contribution in [3.05, 3.63) is 17.5 Å². The average molecular weight is 364 g/mol. The van der Waals surface area contributed by atoms with Crippen LogP contribution in [-0.4, -0.2) is 59.6 Å². The zero-order chi connectivity index (χ0) is 18.6. The summed E-state index contributed by atoms with van der Waals surface area (Å²) in [6, 6.07) is 2.12. The quantitative estimate of drug-likeness (QED) is 0.830. The van der Waals surface area contributed by atoms with Crippen LogP contribution in [0.5, 0.6) is 0 Å². The second-order valence-corrected chi connectivity index (χ2v) is 8.12. The fourth-order valence-corrected chi connectivity index (χ4v) is 4.08. The van der Waals surface area contributed by atoms with Gasteiger partial charge in [0.15, 0.2) is 0 Å². The lowest BCUT2D eigenvalue weighted by molar-refractivity contribution is -0.124. The molecule has 0 bridgehead atoms. The van der Waals surface area contributed by atoms with Gasteiger partial charge >= 0.3 is 0 Å². The summed E-state index contributed by atoms with van der Waals surface area (Å²) in [5, 5.41) is 7.50. The van der Waals surface area contributed by atoms with Crippen molar-refractivity contribution in [2.24, 2.45) is 5.92 Å². The molecule has 0 aromatic carbocycles. The Kier molecular flexibility index (Phi) is 6.32. The van der Waals surface area contributed by atoms with Crippen molar-refractivity contribution in [2.75, 3.05) is 33.4 Å². The van der Waals surface area contributed by atoms with Crippen LogP contribution in [0.25, 0.3) is 0 Å². The third-order valence-electron chi connectivity index (χ3n) is 5.20. The molecule has 0 aliphatic carbocycles. The van der Waals surface area contributed by atoms with Gasteiger partial charge in [-0.2, -0.15) is 5.10 Å². The molecule has 1 fully saturated rings. The number of ether oxygens (including phenoxy) is 2. The van der Waals surface area contributed by atoms with Crippen LogP contribution < -0.4 is 5.32 Å². The van der Waals surface area contributed by atoms with Crippen LogP contribution in [0.1, 0.15) is 44.5 Å². The Morgan fingerprint density at radius 1 is 1.46 bits per heavy atom. The number of hydrogen-bond acceptors (Lipinski definition) is 5. The van der Waals surface area contributed by atoms with Gasteiger partial charge in [0.2, 0.25) is 5.91 Å². The molecule has 7 heteroatoms. The normalized spacial score (nSPS) is 23.3. The lowest BCUT2D eigenvalue weighted by Gasteiger charge is -2.37. The fraction of sp³-hybridized carbons (Fsp3) is 0.789. The molecule has 1 atom stereocenters. The number of rotatable bonds is 6. The largest absolute Gasteiger partial charge is 0.376 e. The highest BCUT2D eigenvalue weighted by atomic mass is 16.5. The van der Waals surface area contributed by atoms with Crippen LogP contribution >= 0.6 is 0 Å². The number of nitrogens with zero attached hydrogens (tertiary/aromatic N) is 3. The first-order valence-corrected chi connectivity index (χ1v) is 9.63. The summed E-state index contributed by atoms with van der Waals surface area (Å²) in [6.45, 7) is 9.91. The molecule has 3 heterocycles. The Labute approximate surface area is 156 Å². The van der Waals surface area contributed by atoms with E-state index in [-0.39, 0.29) is 18.1 Å². The van der Waals surface area contributed by atoms with Gasteiger partial charge in [-0.3, -0.25) is 14.4 Å². The summed E-state index contributed by atoms with van der Waals surface area (Å²) >= 11 is 0.